The zero-order chi connectivity index (χ0) is 10.6. The van der Waals surface area contributed by atoms with Crippen molar-refractivity contribution in [1.29, 1.82) is 0 Å². The summed E-state index contributed by atoms with van der Waals surface area (Å²) in [5, 5.41) is 0. The highest BCUT2D eigenvalue weighted by atomic mass is 79.9. The SMILES string of the molecule is COc1ccc(N=C=O)c(Br)c1OC. The predicted molar refractivity (Wildman–Crippen MR) is 55.0 cm³/mol. The topological polar surface area (TPSA) is 47.9 Å². The Hall–Kier alpha value is -1.32. The zero-order valence-electron chi connectivity index (χ0n) is 7.70. The first-order chi connectivity index (χ1) is 6.74. The van der Waals surface area contributed by atoms with Crippen molar-refractivity contribution in [2.45, 2.75) is 0 Å². The number of carbonyl (C=O) groups excluding carboxylic acids is 1. The van der Waals surface area contributed by atoms with Crippen molar-refractivity contribution in [2.24, 2.45) is 4.99 Å². The van der Waals surface area contributed by atoms with Crippen LogP contribution >= 0.6 is 15.9 Å². The fourth-order valence-electron chi connectivity index (χ4n) is 1.01. The van der Waals surface area contributed by atoms with Crippen LogP contribution in [0.2, 0.25) is 0 Å². The van der Waals surface area contributed by atoms with E-state index in [4.69, 9.17) is 9.47 Å². The van der Waals surface area contributed by atoms with E-state index in [1.54, 1.807) is 12.1 Å². The Balaban J connectivity index is 3.34. The van der Waals surface area contributed by atoms with E-state index in [-0.39, 0.29) is 0 Å². The highest BCUT2D eigenvalue weighted by Gasteiger charge is 2.11. The van der Waals surface area contributed by atoms with Gasteiger partial charge in [-0.1, -0.05) is 0 Å². The van der Waals surface area contributed by atoms with Crippen LogP contribution in [0.25, 0.3) is 0 Å². The van der Waals surface area contributed by atoms with Gasteiger partial charge in [0.2, 0.25) is 6.08 Å². The van der Waals surface area contributed by atoms with Crippen LogP contribution in [0.3, 0.4) is 0 Å². The van der Waals surface area contributed by atoms with Gasteiger partial charge in [-0.05, 0) is 28.1 Å². The normalized spacial score (nSPS) is 9.07. The molecule has 0 aromatic heterocycles. The zero-order valence-corrected chi connectivity index (χ0v) is 9.29. The molecule has 0 aliphatic carbocycles. The molecule has 5 heteroatoms. The molecule has 4 nitrogen and oxygen atoms in total. The molecule has 0 saturated carbocycles. The van der Waals surface area contributed by atoms with Crippen LogP contribution in [0.1, 0.15) is 0 Å². The largest absolute Gasteiger partial charge is 0.493 e. The molecule has 0 amide bonds. The number of isocyanates is 1. The first-order valence-electron chi connectivity index (χ1n) is 3.73. The summed E-state index contributed by atoms with van der Waals surface area (Å²) in [7, 11) is 3.05. The first-order valence-corrected chi connectivity index (χ1v) is 4.52. The summed E-state index contributed by atoms with van der Waals surface area (Å²) in [6.45, 7) is 0. The van der Waals surface area contributed by atoms with E-state index in [1.807, 2.05) is 0 Å². The van der Waals surface area contributed by atoms with Crippen molar-refractivity contribution >= 4 is 27.7 Å². The summed E-state index contributed by atoms with van der Waals surface area (Å²) in [6.07, 6.45) is 1.46. The van der Waals surface area contributed by atoms with Gasteiger partial charge in [0, 0.05) is 0 Å². The number of nitrogens with zero attached hydrogens (tertiary/aromatic N) is 1. The second kappa shape index (κ2) is 4.79. The monoisotopic (exact) mass is 257 g/mol. The van der Waals surface area contributed by atoms with Gasteiger partial charge in [-0.15, -0.1) is 0 Å². The Kier molecular flexibility index (Phi) is 3.68. The molecule has 0 aliphatic rings. The van der Waals surface area contributed by atoms with Gasteiger partial charge in [0.05, 0.1) is 24.4 Å². The molecule has 1 aromatic rings. The number of aliphatic imine (C=N–C) groups is 1. The molecule has 14 heavy (non-hydrogen) atoms. The van der Waals surface area contributed by atoms with Crippen LogP contribution in [0, 0.1) is 0 Å². The molecule has 0 aliphatic heterocycles. The maximum Gasteiger partial charge on any atom is 0.240 e. The van der Waals surface area contributed by atoms with Crippen molar-refractivity contribution < 1.29 is 14.3 Å². The smallest absolute Gasteiger partial charge is 0.240 e. The number of hydrogen-bond donors (Lipinski definition) is 0. The van der Waals surface area contributed by atoms with Crippen LogP contribution < -0.4 is 9.47 Å². The van der Waals surface area contributed by atoms with Gasteiger partial charge < -0.3 is 9.47 Å². The van der Waals surface area contributed by atoms with E-state index in [0.29, 0.717) is 21.7 Å². The molecular weight excluding hydrogens is 250 g/mol. The molecule has 1 aromatic carbocycles. The lowest BCUT2D eigenvalue weighted by atomic mass is 10.3. The van der Waals surface area contributed by atoms with Crippen molar-refractivity contribution in [2.75, 3.05) is 14.2 Å². The molecule has 0 bridgehead atoms. The summed E-state index contributed by atoms with van der Waals surface area (Å²) < 4.78 is 10.7. The molecule has 1 rings (SSSR count). The van der Waals surface area contributed by atoms with Gasteiger partial charge in [0.15, 0.2) is 11.5 Å². The summed E-state index contributed by atoms with van der Waals surface area (Å²) in [6, 6.07) is 3.30. The quantitative estimate of drug-likeness (QED) is 0.618. The fourth-order valence-corrected chi connectivity index (χ4v) is 1.59. The van der Waals surface area contributed by atoms with Crippen LogP contribution in [0.15, 0.2) is 21.6 Å². The Morgan fingerprint density at radius 2 is 2.07 bits per heavy atom. The average Bonchev–Trinajstić information content (AvgIpc) is 2.21. The van der Waals surface area contributed by atoms with Crippen molar-refractivity contribution in [1.82, 2.24) is 0 Å². The minimum Gasteiger partial charge on any atom is -0.493 e. The molecule has 0 heterocycles. The number of benzene rings is 1. The standard InChI is InChI=1S/C9H8BrNO3/c1-13-7-4-3-6(11-5-12)8(10)9(7)14-2/h3-4H,1-2H3. The minimum atomic E-state index is 0.456. The minimum absolute atomic E-state index is 0.456. The summed E-state index contributed by atoms with van der Waals surface area (Å²) in [4.78, 5) is 13.6. The van der Waals surface area contributed by atoms with Crippen molar-refractivity contribution in [3.05, 3.63) is 16.6 Å². The molecule has 0 unspecified atom stereocenters. The van der Waals surface area contributed by atoms with Crippen molar-refractivity contribution in [3.8, 4) is 11.5 Å². The van der Waals surface area contributed by atoms with Gasteiger partial charge in [0.25, 0.3) is 0 Å². The average molecular weight is 258 g/mol. The molecule has 0 fully saturated rings. The van der Waals surface area contributed by atoms with Crippen LogP contribution in [-0.2, 0) is 4.79 Å². The number of ether oxygens (including phenoxy) is 2. The van der Waals surface area contributed by atoms with Crippen LogP contribution in [-0.4, -0.2) is 20.3 Å². The van der Waals surface area contributed by atoms with Crippen LogP contribution in [0.5, 0.6) is 11.5 Å². The lowest BCUT2D eigenvalue weighted by Crippen LogP contribution is -1.91. The lowest BCUT2D eigenvalue weighted by Gasteiger charge is -2.09. The van der Waals surface area contributed by atoms with Crippen LogP contribution in [0.4, 0.5) is 5.69 Å². The Bertz CT molecular complexity index is 386. The molecule has 0 atom stereocenters. The summed E-state index contributed by atoms with van der Waals surface area (Å²) >= 11 is 3.26. The number of hydrogen-bond acceptors (Lipinski definition) is 4. The number of rotatable bonds is 3. The van der Waals surface area contributed by atoms with Gasteiger partial charge in [-0.25, -0.2) is 4.79 Å². The highest BCUT2D eigenvalue weighted by Crippen LogP contribution is 2.41. The summed E-state index contributed by atoms with van der Waals surface area (Å²) in [5.41, 5.74) is 0.456. The third-order valence-corrected chi connectivity index (χ3v) is 2.40. The van der Waals surface area contributed by atoms with E-state index >= 15 is 0 Å². The Morgan fingerprint density at radius 1 is 1.36 bits per heavy atom. The fraction of sp³-hybridized carbons (Fsp3) is 0.222. The maximum absolute atomic E-state index is 10.1. The van der Waals surface area contributed by atoms with E-state index in [2.05, 4.69) is 20.9 Å². The Morgan fingerprint density at radius 3 is 2.57 bits per heavy atom. The summed E-state index contributed by atoms with van der Waals surface area (Å²) in [5.74, 6) is 1.08. The molecule has 0 saturated heterocycles. The molecule has 0 N–H and O–H groups in total. The second-order valence-corrected chi connectivity index (χ2v) is 3.13. The molecule has 74 valence electrons. The third-order valence-electron chi connectivity index (χ3n) is 1.63. The van der Waals surface area contributed by atoms with Gasteiger partial charge in [0.1, 0.15) is 0 Å². The highest BCUT2D eigenvalue weighted by molar-refractivity contribution is 9.10. The Labute approximate surface area is 89.7 Å². The second-order valence-electron chi connectivity index (χ2n) is 2.34. The van der Waals surface area contributed by atoms with Crippen molar-refractivity contribution in [3.63, 3.8) is 0 Å². The van der Waals surface area contributed by atoms with Gasteiger partial charge >= 0.3 is 0 Å². The van der Waals surface area contributed by atoms with E-state index in [9.17, 15) is 4.79 Å². The first kappa shape index (κ1) is 10.8. The van der Waals surface area contributed by atoms with Gasteiger partial charge in [-0.2, -0.15) is 4.99 Å². The van der Waals surface area contributed by atoms with Gasteiger partial charge in [-0.3, -0.25) is 0 Å². The predicted octanol–water partition coefficient (Wildman–Crippen LogP) is 2.43. The number of halogens is 1. The molecular formula is C9H8BrNO3. The lowest BCUT2D eigenvalue weighted by molar-refractivity contribution is 0.353. The third kappa shape index (κ3) is 1.95. The maximum atomic E-state index is 10.1. The van der Waals surface area contributed by atoms with E-state index in [1.165, 1.54) is 20.3 Å². The molecule has 0 spiro atoms. The van der Waals surface area contributed by atoms with E-state index < -0.39 is 0 Å². The molecule has 0 radical (unpaired) electrons. The number of methoxy groups -OCH3 is 2. The van der Waals surface area contributed by atoms with E-state index in [0.717, 1.165) is 0 Å².